The van der Waals surface area contributed by atoms with Crippen LogP contribution in [0.4, 0.5) is 0 Å². The standard InChI is InChI=1S/C12H15N2/c1-7-5-11-12(6-8(7)2)14-10(4)9(3)13-11/h5-6,11H,1-4H3. The van der Waals surface area contributed by atoms with Gasteiger partial charge in [0.15, 0.2) is 0 Å². The summed E-state index contributed by atoms with van der Waals surface area (Å²) in [5.41, 5.74) is 4.48. The van der Waals surface area contributed by atoms with Crippen LogP contribution in [0.15, 0.2) is 33.4 Å². The molecule has 0 saturated heterocycles. The predicted molar refractivity (Wildman–Crippen MR) is 60.8 cm³/mol. The number of aliphatic imine (C=N–C) groups is 2. The normalized spacial score (nSPS) is 27.3. The molecule has 1 heterocycles. The summed E-state index contributed by atoms with van der Waals surface area (Å²) in [6.07, 6.45) is 4.32. The van der Waals surface area contributed by atoms with Crippen LogP contribution in [0.5, 0.6) is 0 Å². The van der Waals surface area contributed by atoms with Gasteiger partial charge in [0.1, 0.15) is 6.04 Å². The Morgan fingerprint density at radius 2 is 1.79 bits per heavy atom. The Bertz CT molecular complexity index is 383. The van der Waals surface area contributed by atoms with Crippen molar-refractivity contribution in [1.29, 1.82) is 0 Å². The van der Waals surface area contributed by atoms with Gasteiger partial charge in [0.25, 0.3) is 0 Å². The van der Waals surface area contributed by atoms with Crippen LogP contribution in [0.1, 0.15) is 27.7 Å². The molecule has 1 unspecified atom stereocenters. The summed E-state index contributed by atoms with van der Waals surface area (Å²) in [5.74, 6) is 1.29. The summed E-state index contributed by atoms with van der Waals surface area (Å²) in [6, 6.07) is 0.155. The Kier molecular flexibility index (Phi) is 2.14. The molecule has 2 nitrogen and oxygen atoms in total. The molecule has 0 aromatic heterocycles. The van der Waals surface area contributed by atoms with Crippen LogP contribution >= 0.6 is 0 Å². The van der Waals surface area contributed by atoms with Gasteiger partial charge in [-0.2, -0.15) is 0 Å². The monoisotopic (exact) mass is 187 g/mol. The molecule has 14 heavy (non-hydrogen) atoms. The molecule has 2 aliphatic rings. The summed E-state index contributed by atoms with van der Waals surface area (Å²) in [7, 11) is 0. The van der Waals surface area contributed by atoms with E-state index in [0.717, 1.165) is 17.1 Å². The minimum absolute atomic E-state index is 0.155. The molecule has 1 aliphatic carbocycles. The van der Waals surface area contributed by atoms with E-state index in [-0.39, 0.29) is 6.04 Å². The van der Waals surface area contributed by atoms with Gasteiger partial charge >= 0.3 is 0 Å². The highest BCUT2D eigenvalue weighted by molar-refractivity contribution is 6.41. The molecule has 0 amide bonds. The molecule has 0 spiro atoms. The Hall–Kier alpha value is -1.18. The number of nitrogens with zero attached hydrogens (tertiary/aromatic N) is 2. The number of hydrogen-bond donors (Lipinski definition) is 0. The van der Waals surface area contributed by atoms with Crippen LogP contribution in [0.25, 0.3) is 0 Å². The predicted octanol–water partition coefficient (Wildman–Crippen LogP) is 2.73. The van der Waals surface area contributed by atoms with Crippen LogP contribution < -0.4 is 0 Å². The van der Waals surface area contributed by atoms with Crippen molar-refractivity contribution in [3.8, 4) is 0 Å². The van der Waals surface area contributed by atoms with Gasteiger partial charge in [-0.1, -0.05) is 18.6 Å². The van der Waals surface area contributed by atoms with Gasteiger partial charge in [0, 0.05) is 5.92 Å². The van der Waals surface area contributed by atoms with Crippen LogP contribution in [0.2, 0.25) is 0 Å². The minimum atomic E-state index is 0.155. The Morgan fingerprint density at radius 1 is 1.07 bits per heavy atom. The third-order valence-corrected chi connectivity index (χ3v) is 2.85. The van der Waals surface area contributed by atoms with Crippen molar-refractivity contribution in [3.05, 3.63) is 29.3 Å². The van der Waals surface area contributed by atoms with Crippen molar-refractivity contribution in [2.75, 3.05) is 0 Å². The molecule has 1 aliphatic heterocycles. The topological polar surface area (TPSA) is 24.7 Å². The maximum Gasteiger partial charge on any atom is 0.110 e. The lowest BCUT2D eigenvalue weighted by molar-refractivity contribution is 0.877. The van der Waals surface area contributed by atoms with Gasteiger partial charge < -0.3 is 0 Å². The highest BCUT2D eigenvalue weighted by atomic mass is 14.9. The zero-order valence-corrected chi connectivity index (χ0v) is 9.13. The van der Waals surface area contributed by atoms with Crippen LogP contribution in [-0.2, 0) is 0 Å². The summed E-state index contributed by atoms with van der Waals surface area (Å²) < 4.78 is 0. The highest BCUT2D eigenvalue weighted by Crippen LogP contribution is 2.28. The van der Waals surface area contributed by atoms with Crippen LogP contribution in [0.3, 0.4) is 0 Å². The quantitative estimate of drug-likeness (QED) is 0.557. The molecule has 1 atom stereocenters. The van der Waals surface area contributed by atoms with Crippen molar-refractivity contribution in [1.82, 2.24) is 0 Å². The first kappa shape index (κ1) is 9.38. The molecule has 1 radical (unpaired) electrons. The van der Waals surface area contributed by atoms with E-state index in [4.69, 9.17) is 0 Å². The lowest BCUT2D eigenvalue weighted by atomic mass is 9.91. The van der Waals surface area contributed by atoms with E-state index in [0.29, 0.717) is 0 Å². The molecule has 0 bridgehead atoms. The second-order valence-electron chi connectivity index (χ2n) is 3.96. The van der Waals surface area contributed by atoms with Crippen LogP contribution in [-0.4, -0.2) is 17.5 Å². The van der Waals surface area contributed by atoms with E-state index >= 15 is 0 Å². The Balaban J connectivity index is 2.40. The van der Waals surface area contributed by atoms with Gasteiger partial charge in [-0.15, -0.1) is 0 Å². The molecular weight excluding hydrogens is 172 g/mol. The van der Waals surface area contributed by atoms with E-state index in [1.807, 2.05) is 13.8 Å². The zero-order chi connectivity index (χ0) is 10.3. The first-order valence-electron chi connectivity index (χ1n) is 4.92. The molecule has 0 aromatic carbocycles. The van der Waals surface area contributed by atoms with Gasteiger partial charge in [0.2, 0.25) is 0 Å². The smallest absolute Gasteiger partial charge is 0.110 e. The molecule has 2 rings (SSSR count). The third kappa shape index (κ3) is 1.45. The van der Waals surface area contributed by atoms with E-state index < -0.39 is 0 Å². The average Bonchev–Trinajstić information content (AvgIpc) is 2.11. The lowest BCUT2D eigenvalue weighted by Gasteiger charge is -2.24. The van der Waals surface area contributed by atoms with E-state index in [1.54, 1.807) is 0 Å². The van der Waals surface area contributed by atoms with E-state index in [1.165, 1.54) is 11.5 Å². The lowest BCUT2D eigenvalue weighted by Crippen LogP contribution is -2.22. The molecule has 2 heteroatoms. The summed E-state index contributed by atoms with van der Waals surface area (Å²) in [5, 5.41) is 0. The molecule has 0 aromatic rings. The molecule has 73 valence electrons. The summed E-state index contributed by atoms with van der Waals surface area (Å²) >= 11 is 0. The minimum Gasteiger partial charge on any atom is -0.274 e. The second kappa shape index (κ2) is 3.19. The Morgan fingerprint density at radius 3 is 2.50 bits per heavy atom. The largest absolute Gasteiger partial charge is 0.274 e. The molecule has 0 fully saturated rings. The third-order valence-electron chi connectivity index (χ3n) is 2.85. The number of allylic oxidation sites excluding steroid dienone is 2. The maximum absolute atomic E-state index is 4.60. The fraction of sp³-hybridized carbons (Fsp3) is 0.417. The molecule has 0 N–H and O–H groups in total. The average molecular weight is 187 g/mol. The fourth-order valence-corrected chi connectivity index (χ4v) is 1.65. The number of rotatable bonds is 0. The first-order valence-corrected chi connectivity index (χ1v) is 4.92. The van der Waals surface area contributed by atoms with Gasteiger partial charge in [0.05, 0.1) is 17.1 Å². The van der Waals surface area contributed by atoms with Crippen molar-refractivity contribution in [3.63, 3.8) is 0 Å². The fourth-order valence-electron chi connectivity index (χ4n) is 1.65. The summed E-state index contributed by atoms with van der Waals surface area (Å²) in [6.45, 7) is 8.27. The van der Waals surface area contributed by atoms with E-state index in [2.05, 4.69) is 36.0 Å². The van der Waals surface area contributed by atoms with Crippen molar-refractivity contribution >= 4 is 11.4 Å². The number of fused-ring (bicyclic) bond motifs is 1. The summed E-state index contributed by atoms with van der Waals surface area (Å²) in [4.78, 5) is 9.15. The van der Waals surface area contributed by atoms with E-state index in [9.17, 15) is 0 Å². The first-order chi connectivity index (χ1) is 6.58. The molecular formula is C12H15N2. The maximum atomic E-state index is 4.60. The highest BCUT2D eigenvalue weighted by Gasteiger charge is 2.22. The zero-order valence-electron chi connectivity index (χ0n) is 9.13. The SMILES string of the molecule is C[C]1C=C2N=C(C)C(C)=NC2C=C1C. The molecule has 0 saturated carbocycles. The van der Waals surface area contributed by atoms with Crippen molar-refractivity contribution in [2.45, 2.75) is 33.7 Å². The Labute approximate surface area is 85.2 Å². The van der Waals surface area contributed by atoms with Gasteiger partial charge in [-0.3, -0.25) is 9.98 Å². The van der Waals surface area contributed by atoms with Crippen LogP contribution in [0, 0.1) is 5.92 Å². The van der Waals surface area contributed by atoms with Gasteiger partial charge in [-0.05, 0) is 26.8 Å². The van der Waals surface area contributed by atoms with Crippen molar-refractivity contribution < 1.29 is 0 Å². The van der Waals surface area contributed by atoms with Gasteiger partial charge in [-0.25, -0.2) is 0 Å². The van der Waals surface area contributed by atoms with Crippen molar-refractivity contribution in [2.24, 2.45) is 9.98 Å². The second-order valence-corrected chi connectivity index (χ2v) is 3.96. The number of hydrogen-bond acceptors (Lipinski definition) is 2.